The molecule has 2 aromatic heterocycles. The molecular weight excluding hydrogens is 471 g/mol. The van der Waals surface area contributed by atoms with Gasteiger partial charge in [0.25, 0.3) is 5.91 Å². The molecule has 3 aromatic carbocycles. The first-order valence-corrected chi connectivity index (χ1v) is 11.1. The Bertz CT molecular complexity index is 1500. The predicted octanol–water partition coefficient (Wildman–Crippen LogP) is 6.01. The van der Waals surface area contributed by atoms with Crippen molar-refractivity contribution in [2.75, 3.05) is 0 Å². The van der Waals surface area contributed by atoms with Gasteiger partial charge in [-0.15, -0.1) is 10.2 Å². The second-order valence-corrected chi connectivity index (χ2v) is 8.09. The summed E-state index contributed by atoms with van der Waals surface area (Å²) in [5.41, 5.74) is 1.83. The average molecular weight is 489 g/mol. The van der Waals surface area contributed by atoms with Gasteiger partial charge in [0.15, 0.2) is 0 Å². The van der Waals surface area contributed by atoms with Crippen LogP contribution in [0.2, 0.25) is 5.02 Å². The fourth-order valence-corrected chi connectivity index (χ4v) is 3.94. The molecule has 1 amide bonds. The fourth-order valence-electron chi connectivity index (χ4n) is 3.71. The second kappa shape index (κ2) is 9.52. The van der Waals surface area contributed by atoms with Gasteiger partial charge in [0.2, 0.25) is 11.8 Å². The standard InChI is InChI=1S/C26H18ClFN4O3/c1-15-21(22(32-35-15)17-11-5-7-13-19(17)27)24(33)29-23(18-12-6-8-14-20(18)28)26-31-30-25(34-26)16-9-3-2-4-10-16/h2-14,23H,1H3,(H,29,33)/t23-/m1/s1. The number of carbonyl (C=O) groups is 1. The molecule has 0 bridgehead atoms. The molecule has 0 radical (unpaired) electrons. The molecule has 0 aliphatic carbocycles. The molecule has 174 valence electrons. The Kier molecular flexibility index (Phi) is 6.12. The second-order valence-electron chi connectivity index (χ2n) is 7.68. The molecule has 1 atom stereocenters. The lowest BCUT2D eigenvalue weighted by Crippen LogP contribution is -2.30. The van der Waals surface area contributed by atoms with Gasteiger partial charge >= 0.3 is 0 Å². The lowest BCUT2D eigenvalue weighted by molar-refractivity contribution is 0.0936. The van der Waals surface area contributed by atoms with Gasteiger partial charge in [-0.25, -0.2) is 4.39 Å². The van der Waals surface area contributed by atoms with Crippen LogP contribution >= 0.6 is 11.6 Å². The van der Waals surface area contributed by atoms with Gasteiger partial charge in [0, 0.05) is 16.7 Å². The van der Waals surface area contributed by atoms with Crippen molar-refractivity contribution in [3.05, 3.63) is 112 Å². The van der Waals surface area contributed by atoms with E-state index in [4.69, 9.17) is 20.5 Å². The van der Waals surface area contributed by atoms with Crippen LogP contribution in [-0.4, -0.2) is 21.3 Å². The summed E-state index contributed by atoms with van der Waals surface area (Å²) in [6.07, 6.45) is 0. The van der Waals surface area contributed by atoms with Crippen LogP contribution in [0, 0.1) is 12.7 Å². The zero-order valence-electron chi connectivity index (χ0n) is 18.4. The van der Waals surface area contributed by atoms with Crippen LogP contribution in [0.25, 0.3) is 22.7 Å². The number of carbonyl (C=O) groups excluding carboxylic acids is 1. The van der Waals surface area contributed by atoms with Crippen LogP contribution in [-0.2, 0) is 0 Å². The molecular formula is C26H18ClFN4O3. The average Bonchev–Trinajstić information content (AvgIpc) is 3.51. The number of aromatic nitrogens is 3. The third kappa shape index (κ3) is 4.43. The van der Waals surface area contributed by atoms with Crippen molar-refractivity contribution in [2.45, 2.75) is 13.0 Å². The smallest absolute Gasteiger partial charge is 0.258 e. The van der Waals surface area contributed by atoms with Gasteiger partial charge in [0.1, 0.15) is 28.9 Å². The third-order valence-corrected chi connectivity index (χ3v) is 5.75. The van der Waals surface area contributed by atoms with Crippen LogP contribution in [0.3, 0.4) is 0 Å². The number of nitrogens with one attached hydrogen (secondary N) is 1. The van der Waals surface area contributed by atoms with Crippen LogP contribution in [0.1, 0.15) is 33.6 Å². The molecule has 0 saturated carbocycles. The van der Waals surface area contributed by atoms with E-state index in [1.807, 2.05) is 30.3 Å². The highest BCUT2D eigenvalue weighted by molar-refractivity contribution is 6.33. The van der Waals surface area contributed by atoms with E-state index in [0.29, 0.717) is 16.1 Å². The molecule has 1 N–H and O–H groups in total. The van der Waals surface area contributed by atoms with Crippen molar-refractivity contribution in [3.63, 3.8) is 0 Å². The monoisotopic (exact) mass is 488 g/mol. The lowest BCUT2D eigenvalue weighted by atomic mass is 10.0. The molecule has 0 aliphatic heterocycles. The Balaban J connectivity index is 1.55. The topological polar surface area (TPSA) is 94.1 Å². The van der Waals surface area contributed by atoms with Gasteiger partial charge in [-0.3, -0.25) is 4.79 Å². The number of benzene rings is 3. The summed E-state index contributed by atoms with van der Waals surface area (Å²) in [5.74, 6) is -0.554. The zero-order chi connectivity index (χ0) is 24.4. The first-order chi connectivity index (χ1) is 17.0. The normalized spacial score (nSPS) is 11.9. The highest BCUT2D eigenvalue weighted by Crippen LogP contribution is 2.32. The van der Waals surface area contributed by atoms with Gasteiger partial charge < -0.3 is 14.3 Å². The Morgan fingerprint density at radius 1 is 0.971 bits per heavy atom. The van der Waals surface area contributed by atoms with E-state index in [-0.39, 0.29) is 34.4 Å². The molecule has 0 fully saturated rings. The number of aryl methyl sites for hydroxylation is 1. The van der Waals surface area contributed by atoms with Crippen LogP contribution in [0.5, 0.6) is 0 Å². The van der Waals surface area contributed by atoms with E-state index in [0.717, 1.165) is 0 Å². The largest absolute Gasteiger partial charge is 0.418 e. The summed E-state index contributed by atoms with van der Waals surface area (Å²) in [6.45, 7) is 1.61. The van der Waals surface area contributed by atoms with Crippen molar-refractivity contribution in [1.29, 1.82) is 0 Å². The molecule has 5 aromatic rings. The predicted molar refractivity (Wildman–Crippen MR) is 127 cm³/mol. The number of hydrogen-bond donors (Lipinski definition) is 1. The highest BCUT2D eigenvalue weighted by atomic mass is 35.5. The summed E-state index contributed by atoms with van der Waals surface area (Å²) >= 11 is 6.33. The van der Waals surface area contributed by atoms with E-state index >= 15 is 0 Å². The van der Waals surface area contributed by atoms with Crippen molar-refractivity contribution in [1.82, 2.24) is 20.7 Å². The maximum absolute atomic E-state index is 14.8. The number of nitrogens with zero attached hydrogens (tertiary/aromatic N) is 3. The van der Waals surface area contributed by atoms with E-state index in [1.54, 1.807) is 49.4 Å². The molecule has 0 unspecified atom stereocenters. The fraction of sp³-hybridized carbons (Fsp3) is 0.0769. The number of amides is 1. The first kappa shape index (κ1) is 22.5. The van der Waals surface area contributed by atoms with E-state index in [2.05, 4.69) is 20.7 Å². The first-order valence-electron chi connectivity index (χ1n) is 10.7. The SMILES string of the molecule is Cc1onc(-c2ccccc2Cl)c1C(=O)N[C@@H](c1nnc(-c2ccccc2)o1)c1ccccc1F. The molecule has 5 rings (SSSR count). The Morgan fingerprint density at radius 3 is 2.46 bits per heavy atom. The van der Waals surface area contributed by atoms with Crippen molar-refractivity contribution in [2.24, 2.45) is 0 Å². The van der Waals surface area contributed by atoms with Crippen LogP contribution in [0.4, 0.5) is 4.39 Å². The zero-order valence-corrected chi connectivity index (χ0v) is 19.2. The molecule has 2 heterocycles. The molecule has 0 aliphatic rings. The maximum Gasteiger partial charge on any atom is 0.258 e. The van der Waals surface area contributed by atoms with Gasteiger partial charge in [-0.2, -0.15) is 0 Å². The van der Waals surface area contributed by atoms with E-state index in [1.165, 1.54) is 6.07 Å². The molecule has 9 heteroatoms. The third-order valence-electron chi connectivity index (χ3n) is 5.42. The summed E-state index contributed by atoms with van der Waals surface area (Å²) in [6, 6.07) is 21.1. The summed E-state index contributed by atoms with van der Waals surface area (Å²) in [4.78, 5) is 13.5. The summed E-state index contributed by atoms with van der Waals surface area (Å²) in [7, 11) is 0. The van der Waals surface area contributed by atoms with Crippen molar-refractivity contribution in [3.8, 4) is 22.7 Å². The highest BCUT2D eigenvalue weighted by Gasteiger charge is 2.30. The van der Waals surface area contributed by atoms with Gasteiger partial charge in [-0.05, 0) is 31.2 Å². The minimum Gasteiger partial charge on any atom is -0.418 e. The quantitative estimate of drug-likeness (QED) is 0.314. The summed E-state index contributed by atoms with van der Waals surface area (Å²) < 4.78 is 26.0. The van der Waals surface area contributed by atoms with Crippen LogP contribution in [0.15, 0.2) is 87.8 Å². The Labute approximate surface area is 204 Å². The number of rotatable bonds is 6. The minimum absolute atomic E-state index is 0.0238. The molecule has 35 heavy (non-hydrogen) atoms. The van der Waals surface area contributed by atoms with Gasteiger partial charge in [0.05, 0.1) is 5.02 Å². The van der Waals surface area contributed by atoms with E-state index in [9.17, 15) is 9.18 Å². The number of halogens is 2. The van der Waals surface area contributed by atoms with Crippen molar-refractivity contribution < 1.29 is 18.1 Å². The summed E-state index contributed by atoms with van der Waals surface area (Å²) in [5, 5.41) is 15.4. The Morgan fingerprint density at radius 2 is 1.69 bits per heavy atom. The van der Waals surface area contributed by atoms with Crippen molar-refractivity contribution >= 4 is 17.5 Å². The lowest BCUT2D eigenvalue weighted by Gasteiger charge is -2.16. The maximum atomic E-state index is 14.8. The minimum atomic E-state index is -1.07. The van der Waals surface area contributed by atoms with E-state index < -0.39 is 17.8 Å². The van der Waals surface area contributed by atoms with Gasteiger partial charge in [-0.1, -0.05) is 71.4 Å². The van der Waals surface area contributed by atoms with Crippen LogP contribution < -0.4 is 5.32 Å². The Hall–Kier alpha value is -4.30. The molecule has 7 nitrogen and oxygen atoms in total. The molecule has 0 saturated heterocycles. The molecule has 0 spiro atoms. The number of hydrogen-bond acceptors (Lipinski definition) is 6.